The number of hydrogen-bond acceptors (Lipinski definition) is 9. The Morgan fingerprint density at radius 1 is 0.906 bits per heavy atom. The molecule has 5 aromatic rings. The van der Waals surface area contributed by atoms with E-state index in [1.807, 2.05) is 4.72 Å². The van der Waals surface area contributed by atoms with Crippen LogP contribution in [0.25, 0.3) is 16.8 Å². The van der Waals surface area contributed by atoms with Gasteiger partial charge in [-0.05, 0) is 67.1 Å². The number of anilines is 1. The molecule has 1 aliphatic carbocycles. The predicted molar refractivity (Wildman–Crippen MR) is 190 cm³/mol. The van der Waals surface area contributed by atoms with E-state index < -0.39 is 62.1 Å². The van der Waals surface area contributed by atoms with Crippen LogP contribution in [0.4, 0.5) is 14.5 Å². The van der Waals surface area contributed by atoms with E-state index in [1.54, 1.807) is 24.5 Å². The number of amides is 1. The Morgan fingerprint density at radius 3 is 2.26 bits per heavy atom. The van der Waals surface area contributed by atoms with Gasteiger partial charge in [0.1, 0.15) is 30.1 Å². The lowest BCUT2D eigenvalue weighted by Gasteiger charge is -2.25. The largest absolute Gasteiger partial charge is 0.461 e. The highest BCUT2D eigenvalue weighted by atomic mass is 32.2. The molecule has 274 valence electrons. The van der Waals surface area contributed by atoms with Gasteiger partial charge in [0, 0.05) is 49.8 Å². The number of nitrogens with zero attached hydrogens (tertiary/aromatic N) is 4. The van der Waals surface area contributed by atoms with Crippen molar-refractivity contribution in [2.24, 2.45) is 7.05 Å². The molecule has 6 rings (SSSR count). The van der Waals surface area contributed by atoms with Crippen molar-refractivity contribution in [1.82, 2.24) is 24.4 Å². The van der Waals surface area contributed by atoms with Gasteiger partial charge >= 0.3 is 11.7 Å². The number of rotatable bonds is 11. The zero-order valence-corrected chi connectivity index (χ0v) is 29.2. The van der Waals surface area contributed by atoms with Crippen LogP contribution in [0.2, 0.25) is 0 Å². The molecule has 2 aromatic heterocycles. The van der Waals surface area contributed by atoms with Gasteiger partial charge in [-0.2, -0.15) is 0 Å². The molecule has 1 atom stereocenters. The Kier molecular flexibility index (Phi) is 10.9. The van der Waals surface area contributed by atoms with Gasteiger partial charge in [0.2, 0.25) is 0 Å². The van der Waals surface area contributed by atoms with Gasteiger partial charge in [-0.1, -0.05) is 30.7 Å². The average Bonchev–Trinajstić information content (AvgIpc) is 3.15. The average molecular weight is 745 g/mol. The summed E-state index contributed by atoms with van der Waals surface area (Å²) in [7, 11) is -2.88. The van der Waals surface area contributed by atoms with Crippen LogP contribution >= 0.6 is 0 Å². The van der Waals surface area contributed by atoms with Crippen molar-refractivity contribution in [2.45, 2.75) is 55.6 Å². The molecule has 0 unspecified atom stereocenters. The topological polar surface area (TPSA) is 171 Å². The Morgan fingerprint density at radius 2 is 1.58 bits per heavy atom. The molecular weight excluding hydrogens is 711 g/mol. The molecule has 0 radical (unpaired) electrons. The van der Waals surface area contributed by atoms with E-state index in [1.165, 1.54) is 66.6 Å². The van der Waals surface area contributed by atoms with Crippen molar-refractivity contribution in [3.8, 4) is 16.8 Å². The summed E-state index contributed by atoms with van der Waals surface area (Å²) in [6.07, 6.45) is 9.32. The number of ether oxygens (including phenoxy) is 1. The smallest absolute Gasteiger partial charge is 0.335 e. The molecule has 0 bridgehead atoms. The number of hydrogen-bond donors (Lipinski definition) is 2. The summed E-state index contributed by atoms with van der Waals surface area (Å²) in [5.74, 6) is -4.41. The third-order valence-electron chi connectivity index (χ3n) is 8.82. The number of halogens is 2. The number of benzene rings is 3. The summed E-state index contributed by atoms with van der Waals surface area (Å²) in [5.41, 5.74) is -0.559. The molecule has 1 aliphatic rings. The number of sulfonamides is 1. The van der Waals surface area contributed by atoms with Gasteiger partial charge in [-0.3, -0.25) is 14.3 Å². The van der Waals surface area contributed by atoms with E-state index in [0.717, 1.165) is 23.8 Å². The number of aryl methyl sites for hydroxylation is 1. The van der Waals surface area contributed by atoms with E-state index in [9.17, 15) is 27.6 Å². The zero-order valence-electron chi connectivity index (χ0n) is 28.4. The number of nitrogens with one attached hydrogen (secondary N) is 2. The molecule has 2 N–H and O–H groups in total. The first kappa shape index (κ1) is 36.8. The predicted octanol–water partition coefficient (Wildman–Crippen LogP) is 4.29. The lowest BCUT2D eigenvalue weighted by atomic mass is 9.97. The van der Waals surface area contributed by atoms with Crippen molar-refractivity contribution in [3.63, 3.8) is 0 Å². The number of aromatic nitrogens is 4. The van der Waals surface area contributed by atoms with Gasteiger partial charge in [0.15, 0.2) is 0 Å². The summed E-state index contributed by atoms with van der Waals surface area (Å²) in [6.45, 7) is 0. The van der Waals surface area contributed by atoms with Crippen LogP contribution in [0.15, 0.2) is 106 Å². The normalized spacial score (nSPS) is 13.9. The van der Waals surface area contributed by atoms with Gasteiger partial charge < -0.3 is 14.6 Å². The van der Waals surface area contributed by atoms with Crippen LogP contribution in [0.5, 0.6) is 0 Å². The summed E-state index contributed by atoms with van der Waals surface area (Å²) >= 11 is 0. The Bertz CT molecular complexity index is 2360. The maximum Gasteiger partial charge on any atom is 0.335 e. The Balaban J connectivity index is 1.20. The van der Waals surface area contributed by atoms with E-state index >= 15 is 8.78 Å². The Labute approximate surface area is 302 Å². The molecule has 0 spiro atoms. The molecular formula is C37H34F2N6O7S. The van der Waals surface area contributed by atoms with E-state index in [0.29, 0.717) is 41.7 Å². The third kappa shape index (κ3) is 8.55. The molecule has 53 heavy (non-hydrogen) atoms. The SMILES string of the molecule is Cn1ccc(=O)n(-c2ccc(C[C@H](NC(=O)c3cc(F)c(NS(=O)(=O)c4ccc(-c5cncnc5)cc4)cc3F)C(=O)OC3CCCCC3)cc2)c1=O. The van der Waals surface area contributed by atoms with Gasteiger partial charge in [0.05, 0.1) is 21.8 Å². The molecule has 3 aromatic carbocycles. The first-order chi connectivity index (χ1) is 25.4. The zero-order chi connectivity index (χ0) is 37.7. The Hall–Kier alpha value is -6.03. The second kappa shape index (κ2) is 15.7. The minimum atomic E-state index is -4.38. The minimum Gasteiger partial charge on any atom is -0.461 e. The van der Waals surface area contributed by atoms with Crippen LogP contribution in [0.1, 0.15) is 48.0 Å². The molecule has 2 heterocycles. The first-order valence-electron chi connectivity index (χ1n) is 16.7. The number of carbonyl (C=O) groups excluding carboxylic acids is 2. The van der Waals surface area contributed by atoms with E-state index in [-0.39, 0.29) is 23.1 Å². The summed E-state index contributed by atoms with van der Waals surface area (Å²) < 4.78 is 66.8. The van der Waals surface area contributed by atoms with Crippen LogP contribution in [0.3, 0.4) is 0 Å². The first-order valence-corrected chi connectivity index (χ1v) is 18.1. The second-order valence-electron chi connectivity index (χ2n) is 12.5. The van der Waals surface area contributed by atoms with Crippen LogP contribution in [-0.4, -0.2) is 51.5 Å². The monoisotopic (exact) mass is 744 g/mol. The van der Waals surface area contributed by atoms with Crippen molar-refractivity contribution < 1.29 is 31.5 Å². The van der Waals surface area contributed by atoms with Crippen LogP contribution in [-0.2, 0) is 33.0 Å². The summed E-state index contributed by atoms with van der Waals surface area (Å²) in [6, 6.07) is 12.7. The lowest BCUT2D eigenvalue weighted by molar-refractivity contribution is -0.152. The molecule has 0 aliphatic heterocycles. The van der Waals surface area contributed by atoms with Crippen LogP contribution < -0.4 is 21.3 Å². The highest BCUT2D eigenvalue weighted by Crippen LogP contribution is 2.26. The minimum absolute atomic E-state index is 0.128. The van der Waals surface area contributed by atoms with Crippen molar-refractivity contribution >= 4 is 27.6 Å². The molecule has 13 nitrogen and oxygen atoms in total. The fourth-order valence-electron chi connectivity index (χ4n) is 5.96. The number of esters is 1. The van der Waals surface area contributed by atoms with Gasteiger partial charge in [0.25, 0.3) is 21.5 Å². The van der Waals surface area contributed by atoms with Gasteiger partial charge in [-0.25, -0.2) is 41.3 Å². The number of carbonyl (C=O) groups is 2. The van der Waals surface area contributed by atoms with Crippen molar-refractivity contribution in [3.05, 3.63) is 135 Å². The maximum atomic E-state index is 15.4. The maximum absolute atomic E-state index is 15.4. The molecule has 1 saturated carbocycles. The fraction of sp³-hybridized carbons (Fsp3) is 0.243. The molecule has 0 saturated heterocycles. The standard InChI is InChI=1S/C37H34F2N6O7S/c1-44-16-15-34(46)45(37(44)49)26-11-7-23(8-12-26)17-33(36(48)52-27-5-3-2-4-6-27)42-35(47)29-18-31(39)32(19-30(29)38)43-53(50,51)28-13-9-24(10-14-28)25-20-40-22-41-21-25/h7-16,18-22,27,33,43H,2-6,17H2,1H3,(H,42,47)/t33-/m0/s1. The van der Waals surface area contributed by atoms with Crippen LogP contribution in [0, 0.1) is 11.6 Å². The second-order valence-corrected chi connectivity index (χ2v) is 14.2. The van der Waals surface area contributed by atoms with E-state index in [2.05, 4.69) is 15.3 Å². The molecule has 1 fully saturated rings. The quantitative estimate of drug-likeness (QED) is 0.187. The highest BCUT2D eigenvalue weighted by Gasteiger charge is 2.29. The fourth-order valence-corrected chi connectivity index (χ4v) is 7.01. The molecule has 1 amide bonds. The van der Waals surface area contributed by atoms with Crippen molar-refractivity contribution in [2.75, 3.05) is 4.72 Å². The highest BCUT2D eigenvalue weighted by molar-refractivity contribution is 7.92. The molecule has 16 heteroatoms. The third-order valence-corrected chi connectivity index (χ3v) is 10.2. The summed E-state index contributed by atoms with van der Waals surface area (Å²) in [4.78, 5) is 59.4. The lowest BCUT2D eigenvalue weighted by Crippen LogP contribution is -2.45. The van der Waals surface area contributed by atoms with E-state index in [4.69, 9.17) is 4.74 Å². The summed E-state index contributed by atoms with van der Waals surface area (Å²) in [5, 5.41) is 2.45. The van der Waals surface area contributed by atoms with Crippen molar-refractivity contribution in [1.29, 1.82) is 0 Å². The van der Waals surface area contributed by atoms with Gasteiger partial charge in [-0.15, -0.1) is 0 Å².